The van der Waals surface area contributed by atoms with Gasteiger partial charge in [-0.15, -0.1) is 0 Å². The average Bonchev–Trinajstić information content (AvgIpc) is 2.31. The van der Waals surface area contributed by atoms with E-state index >= 15 is 0 Å². The highest BCUT2D eigenvalue weighted by molar-refractivity contribution is 5.81. The zero-order valence-electron chi connectivity index (χ0n) is 11.3. The molecule has 4 heteroatoms. The third kappa shape index (κ3) is 4.35. The van der Waals surface area contributed by atoms with Gasteiger partial charge < -0.3 is 10.1 Å². The summed E-state index contributed by atoms with van der Waals surface area (Å²) in [6.07, 6.45) is 0.225. The van der Waals surface area contributed by atoms with E-state index in [1.165, 1.54) is 24.3 Å². The first-order valence-electron chi connectivity index (χ1n) is 6.08. The fraction of sp³-hybridized carbons (Fsp3) is 0.500. The van der Waals surface area contributed by atoms with Gasteiger partial charge in [-0.3, -0.25) is 4.79 Å². The van der Waals surface area contributed by atoms with E-state index in [4.69, 9.17) is 4.74 Å². The van der Waals surface area contributed by atoms with Gasteiger partial charge in [0.25, 0.3) is 5.91 Å². The van der Waals surface area contributed by atoms with E-state index in [2.05, 4.69) is 5.32 Å². The minimum atomic E-state index is -0.610. The predicted octanol–water partition coefficient (Wildman–Crippen LogP) is 2.90. The van der Waals surface area contributed by atoms with Crippen LogP contribution in [0, 0.1) is 5.82 Å². The standard InChI is InChI=1S/C14H20FNO2/c1-5-14(3,4)16-13(17)10(2)18-12-8-6-11(15)7-9-12/h6-10H,5H2,1-4H3,(H,16,17)/t10-/m0/s1. The summed E-state index contributed by atoms with van der Waals surface area (Å²) in [7, 11) is 0. The highest BCUT2D eigenvalue weighted by atomic mass is 19.1. The summed E-state index contributed by atoms with van der Waals surface area (Å²) in [5, 5.41) is 2.90. The Bertz CT molecular complexity index is 401. The number of carbonyl (C=O) groups is 1. The van der Waals surface area contributed by atoms with E-state index in [1.54, 1.807) is 6.92 Å². The summed E-state index contributed by atoms with van der Waals surface area (Å²) in [6.45, 7) is 7.58. The lowest BCUT2D eigenvalue weighted by molar-refractivity contribution is -0.128. The Hall–Kier alpha value is -1.58. The maximum Gasteiger partial charge on any atom is 0.261 e. The molecule has 1 rings (SSSR count). The summed E-state index contributed by atoms with van der Waals surface area (Å²) in [4.78, 5) is 11.9. The molecule has 18 heavy (non-hydrogen) atoms. The molecule has 1 atom stereocenters. The molecule has 0 aromatic heterocycles. The molecule has 0 aliphatic rings. The van der Waals surface area contributed by atoms with E-state index in [0.717, 1.165) is 6.42 Å². The molecular formula is C14H20FNO2. The number of nitrogens with one attached hydrogen (secondary N) is 1. The minimum Gasteiger partial charge on any atom is -0.481 e. The highest BCUT2D eigenvalue weighted by Gasteiger charge is 2.22. The van der Waals surface area contributed by atoms with Gasteiger partial charge in [0.15, 0.2) is 6.10 Å². The SMILES string of the molecule is CCC(C)(C)NC(=O)[C@H](C)Oc1ccc(F)cc1. The van der Waals surface area contributed by atoms with Crippen molar-refractivity contribution < 1.29 is 13.9 Å². The third-order valence-electron chi connectivity index (χ3n) is 2.84. The quantitative estimate of drug-likeness (QED) is 0.876. The molecule has 0 bridgehead atoms. The summed E-state index contributed by atoms with van der Waals surface area (Å²) >= 11 is 0. The van der Waals surface area contributed by atoms with Crippen LogP contribution >= 0.6 is 0 Å². The van der Waals surface area contributed by atoms with Crippen molar-refractivity contribution in [3.63, 3.8) is 0 Å². The highest BCUT2D eigenvalue weighted by Crippen LogP contribution is 2.14. The zero-order chi connectivity index (χ0) is 13.8. The van der Waals surface area contributed by atoms with E-state index < -0.39 is 6.10 Å². The van der Waals surface area contributed by atoms with E-state index in [0.29, 0.717) is 5.75 Å². The zero-order valence-corrected chi connectivity index (χ0v) is 11.3. The van der Waals surface area contributed by atoms with E-state index in [9.17, 15) is 9.18 Å². The summed E-state index contributed by atoms with van der Waals surface area (Å²) in [6, 6.07) is 5.61. The van der Waals surface area contributed by atoms with Crippen LogP contribution in [0.3, 0.4) is 0 Å². The Morgan fingerprint density at radius 3 is 2.44 bits per heavy atom. The fourth-order valence-electron chi connectivity index (χ4n) is 1.29. The molecule has 0 spiro atoms. The van der Waals surface area contributed by atoms with Crippen molar-refractivity contribution in [3.8, 4) is 5.75 Å². The smallest absolute Gasteiger partial charge is 0.261 e. The van der Waals surface area contributed by atoms with Gasteiger partial charge in [0.2, 0.25) is 0 Å². The van der Waals surface area contributed by atoms with Crippen LogP contribution in [0.5, 0.6) is 5.75 Å². The van der Waals surface area contributed by atoms with Crippen LogP contribution in [0.25, 0.3) is 0 Å². The van der Waals surface area contributed by atoms with Gasteiger partial charge in [0.05, 0.1) is 0 Å². The first kappa shape index (κ1) is 14.5. The van der Waals surface area contributed by atoms with Crippen molar-refractivity contribution in [2.24, 2.45) is 0 Å². The Balaban J connectivity index is 2.57. The Labute approximate surface area is 107 Å². The Morgan fingerprint density at radius 1 is 1.39 bits per heavy atom. The van der Waals surface area contributed by atoms with Gasteiger partial charge in [0.1, 0.15) is 11.6 Å². The van der Waals surface area contributed by atoms with Crippen molar-refractivity contribution in [1.29, 1.82) is 0 Å². The summed E-state index contributed by atoms with van der Waals surface area (Å²) in [5.74, 6) is -0.0221. The third-order valence-corrected chi connectivity index (χ3v) is 2.84. The Morgan fingerprint density at radius 2 is 1.94 bits per heavy atom. The molecule has 3 nitrogen and oxygen atoms in total. The molecule has 0 unspecified atom stereocenters. The number of amides is 1. The molecule has 0 fully saturated rings. The second-order valence-corrected chi connectivity index (χ2v) is 4.94. The van der Waals surface area contributed by atoms with Crippen molar-refractivity contribution in [2.75, 3.05) is 0 Å². The number of halogens is 1. The largest absolute Gasteiger partial charge is 0.481 e. The van der Waals surface area contributed by atoms with Crippen LogP contribution < -0.4 is 10.1 Å². The normalized spacial score (nSPS) is 12.9. The monoisotopic (exact) mass is 253 g/mol. The van der Waals surface area contributed by atoms with Gasteiger partial charge in [-0.25, -0.2) is 4.39 Å². The molecule has 0 saturated heterocycles. The molecule has 0 aliphatic heterocycles. The molecule has 1 N–H and O–H groups in total. The number of benzene rings is 1. The van der Waals surface area contributed by atoms with Gasteiger partial charge >= 0.3 is 0 Å². The molecule has 0 heterocycles. The maximum absolute atomic E-state index is 12.7. The molecule has 1 aromatic rings. The average molecular weight is 253 g/mol. The number of hydrogen-bond donors (Lipinski definition) is 1. The number of rotatable bonds is 5. The predicted molar refractivity (Wildman–Crippen MR) is 69.0 cm³/mol. The second kappa shape index (κ2) is 5.85. The Kier molecular flexibility index (Phi) is 4.70. The second-order valence-electron chi connectivity index (χ2n) is 4.94. The number of carbonyl (C=O) groups excluding carboxylic acids is 1. The van der Waals surface area contributed by atoms with Crippen LogP contribution in [0.1, 0.15) is 34.1 Å². The molecule has 0 radical (unpaired) electrons. The van der Waals surface area contributed by atoms with Gasteiger partial charge in [-0.05, 0) is 51.5 Å². The van der Waals surface area contributed by atoms with Crippen LogP contribution in [0.2, 0.25) is 0 Å². The number of hydrogen-bond acceptors (Lipinski definition) is 2. The molecule has 1 amide bonds. The first-order valence-corrected chi connectivity index (χ1v) is 6.08. The van der Waals surface area contributed by atoms with Gasteiger partial charge in [0, 0.05) is 5.54 Å². The summed E-state index contributed by atoms with van der Waals surface area (Å²) in [5.41, 5.74) is -0.252. The number of ether oxygens (including phenoxy) is 1. The minimum absolute atomic E-state index is 0.175. The lowest BCUT2D eigenvalue weighted by Crippen LogP contribution is -2.48. The van der Waals surface area contributed by atoms with Crippen LogP contribution in [0.4, 0.5) is 4.39 Å². The lowest BCUT2D eigenvalue weighted by atomic mass is 10.0. The molecule has 1 aromatic carbocycles. The van der Waals surface area contributed by atoms with E-state index in [1.807, 2.05) is 20.8 Å². The van der Waals surface area contributed by atoms with Gasteiger partial charge in [-0.2, -0.15) is 0 Å². The van der Waals surface area contributed by atoms with Crippen molar-refractivity contribution in [3.05, 3.63) is 30.1 Å². The molecule has 0 aliphatic carbocycles. The van der Waals surface area contributed by atoms with Gasteiger partial charge in [-0.1, -0.05) is 6.92 Å². The lowest BCUT2D eigenvalue weighted by Gasteiger charge is -2.26. The van der Waals surface area contributed by atoms with Crippen LogP contribution in [-0.2, 0) is 4.79 Å². The van der Waals surface area contributed by atoms with E-state index in [-0.39, 0.29) is 17.3 Å². The van der Waals surface area contributed by atoms with Crippen LogP contribution in [-0.4, -0.2) is 17.6 Å². The first-order chi connectivity index (χ1) is 8.34. The fourth-order valence-corrected chi connectivity index (χ4v) is 1.29. The van der Waals surface area contributed by atoms with Crippen molar-refractivity contribution in [1.82, 2.24) is 5.32 Å². The van der Waals surface area contributed by atoms with Crippen molar-refractivity contribution >= 4 is 5.91 Å². The molecule has 0 saturated carbocycles. The molecular weight excluding hydrogens is 233 g/mol. The van der Waals surface area contributed by atoms with Crippen LogP contribution in [0.15, 0.2) is 24.3 Å². The summed E-state index contributed by atoms with van der Waals surface area (Å²) < 4.78 is 18.2. The topological polar surface area (TPSA) is 38.3 Å². The van der Waals surface area contributed by atoms with Crippen molar-refractivity contribution in [2.45, 2.75) is 45.8 Å². The molecule has 100 valence electrons. The maximum atomic E-state index is 12.7.